The molecule has 0 spiro atoms. The number of nitrogens with two attached hydrogens (primary N) is 1. The van der Waals surface area contributed by atoms with Crippen molar-refractivity contribution >= 4 is 17.3 Å². The van der Waals surface area contributed by atoms with E-state index in [2.05, 4.69) is 18.7 Å². The van der Waals surface area contributed by atoms with Gasteiger partial charge in [-0.05, 0) is 43.9 Å². The van der Waals surface area contributed by atoms with Gasteiger partial charge in [-0.2, -0.15) is 0 Å². The number of carboxylic acids is 1. The van der Waals surface area contributed by atoms with Gasteiger partial charge in [0.1, 0.15) is 0 Å². The molecule has 4 nitrogen and oxygen atoms in total. The lowest BCUT2D eigenvalue weighted by atomic mass is 9.94. The van der Waals surface area contributed by atoms with Crippen molar-refractivity contribution in [3.63, 3.8) is 0 Å². The Morgan fingerprint density at radius 2 is 2.11 bits per heavy atom. The number of anilines is 2. The SMILES string of the molecule is CC1CCC(C)N(c2ccc(N)c(C(=O)O)c2)C1. The molecular formula is C14H20N2O2. The predicted octanol–water partition coefficient (Wildman–Crippen LogP) is 2.59. The minimum absolute atomic E-state index is 0.193. The van der Waals surface area contributed by atoms with E-state index in [0.29, 0.717) is 17.6 Å². The normalized spacial score (nSPS) is 24.0. The van der Waals surface area contributed by atoms with Gasteiger partial charge in [0.25, 0.3) is 0 Å². The van der Waals surface area contributed by atoms with Crippen LogP contribution in [0.1, 0.15) is 37.0 Å². The first kappa shape index (κ1) is 12.7. The molecule has 0 aromatic heterocycles. The van der Waals surface area contributed by atoms with Gasteiger partial charge in [-0.25, -0.2) is 4.79 Å². The highest BCUT2D eigenvalue weighted by molar-refractivity contribution is 5.94. The van der Waals surface area contributed by atoms with E-state index < -0.39 is 5.97 Å². The van der Waals surface area contributed by atoms with Gasteiger partial charge in [0.2, 0.25) is 0 Å². The number of nitrogen functional groups attached to an aromatic ring is 1. The molecule has 2 atom stereocenters. The first-order chi connectivity index (χ1) is 8.49. The number of rotatable bonds is 2. The van der Waals surface area contributed by atoms with Crippen molar-refractivity contribution < 1.29 is 9.90 Å². The second-order valence-corrected chi connectivity index (χ2v) is 5.26. The second-order valence-electron chi connectivity index (χ2n) is 5.26. The van der Waals surface area contributed by atoms with Gasteiger partial charge in [0, 0.05) is 24.0 Å². The zero-order valence-electron chi connectivity index (χ0n) is 10.9. The van der Waals surface area contributed by atoms with Crippen molar-refractivity contribution in [1.29, 1.82) is 0 Å². The minimum atomic E-state index is -0.966. The minimum Gasteiger partial charge on any atom is -0.478 e. The first-order valence-corrected chi connectivity index (χ1v) is 6.38. The Morgan fingerprint density at radius 3 is 2.78 bits per heavy atom. The lowest BCUT2D eigenvalue weighted by molar-refractivity contribution is 0.0698. The van der Waals surface area contributed by atoms with Gasteiger partial charge < -0.3 is 15.7 Å². The van der Waals surface area contributed by atoms with Crippen LogP contribution >= 0.6 is 0 Å². The van der Waals surface area contributed by atoms with E-state index in [1.54, 1.807) is 12.1 Å². The molecule has 1 aliphatic heterocycles. The Bertz CT molecular complexity index is 459. The monoisotopic (exact) mass is 248 g/mol. The largest absolute Gasteiger partial charge is 0.478 e. The van der Waals surface area contributed by atoms with Crippen LogP contribution in [-0.2, 0) is 0 Å². The van der Waals surface area contributed by atoms with Crippen molar-refractivity contribution in [3.8, 4) is 0 Å². The zero-order chi connectivity index (χ0) is 13.3. The molecule has 2 unspecified atom stereocenters. The molecule has 0 amide bonds. The average molecular weight is 248 g/mol. The predicted molar refractivity (Wildman–Crippen MR) is 73.0 cm³/mol. The molecule has 0 radical (unpaired) electrons. The van der Waals surface area contributed by atoms with Crippen LogP contribution in [0.25, 0.3) is 0 Å². The Labute approximate surface area is 107 Å². The summed E-state index contributed by atoms with van der Waals surface area (Å²) in [4.78, 5) is 13.4. The highest BCUT2D eigenvalue weighted by Crippen LogP contribution is 2.29. The maximum atomic E-state index is 11.1. The molecular weight excluding hydrogens is 228 g/mol. The van der Waals surface area contributed by atoms with Gasteiger partial charge in [-0.1, -0.05) is 6.92 Å². The Hall–Kier alpha value is -1.71. The summed E-state index contributed by atoms with van der Waals surface area (Å²) in [6, 6.07) is 5.74. The number of hydrogen-bond acceptors (Lipinski definition) is 3. The molecule has 3 N–H and O–H groups in total. The van der Waals surface area contributed by atoms with Crippen LogP contribution in [0.2, 0.25) is 0 Å². The lowest BCUT2D eigenvalue weighted by Crippen LogP contribution is -2.41. The van der Waals surface area contributed by atoms with E-state index in [0.717, 1.165) is 18.7 Å². The molecule has 1 aromatic carbocycles. The van der Waals surface area contributed by atoms with Crippen molar-refractivity contribution in [2.24, 2.45) is 5.92 Å². The van der Waals surface area contributed by atoms with E-state index in [4.69, 9.17) is 10.8 Å². The Kier molecular flexibility index (Phi) is 3.45. The third-order valence-electron chi connectivity index (χ3n) is 3.72. The van der Waals surface area contributed by atoms with Crippen molar-refractivity contribution in [3.05, 3.63) is 23.8 Å². The van der Waals surface area contributed by atoms with Crippen LogP contribution < -0.4 is 10.6 Å². The fourth-order valence-electron chi connectivity index (χ4n) is 2.56. The first-order valence-electron chi connectivity index (χ1n) is 6.38. The summed E-state index contributed by atoms with van der Waals surface area (Å²) in [5.41, 5.74) is 7.16. The number of benzene rings is 1. The fraction of sp³-hybridized carbons (Fsp3) is 0.500. The van der Waals surface area contributed by atoms with Crippen LogP contribution in [0.15, 0.2) is 18.2 Å². The molecule has 1 fully saturated rings. The quantitative estimate of drug-likeness (QED) is 0.789. The van der Waals surface area contributed by atoms with E-state index in [-0.39, 0.29) is 5.56 Å². The summed E-state index contributed by atoms with van der Waals surface area (Å²) >= 11 is 0. The third-order valence-corrected chi connectivity index (χ3v) is 3.72. The maximum absolute atomic E-state index is 11.1. The summed E-state index contributed by atoms with van der Waals surface area (Å²) in [7, 11) is 0. The summed E-state index contributed by atoms with van der Waals surface area (Å²) in [5.74, 6) is -0.320. The molecule has 1 heterocycles. The number of hydrogen-bond donors (Lipinski definition) is 2. The van der Waals surface area contributed by atoms with E-state index in [9.17, 15) is 4.79 Å². The van der Waals surface area contributed by atoms with Gasteiger partial charge in [-0.15, -0.1) is 0 Å². The number of aromatic carboxylic acids is 1. The molecule has 98 valence electrons. The van der Waals surface area contributed by atoms with Gasteiger partial charge in [0.15, 0.2) is 0 Å². The molecule has 0 saturated carbocycles. The number of nitrogens with zero attached hydrogens (tertiary/aromatic N) is 1. The van der Waals surface area contributed by atoms with E-state index in [1.807, 2.05) is 6.07 Å². The summed E-state index contributed by atoms with van der Waals surface area (Å²) < 4.78 is 0. The van der Waals surface area contributed by atoms with Crippen molar-refractivity contribution in [1.82, 2.24) is 0 Å². The van der Waals surface area contributed by atoms with Gasteiger partial charge in [-0.3, -0.25) is 0 Å². The Morgan fingerprint density at radius 1 is 1.39 bits per heavy atom. The molecule has 1 saturated heterocycles. The zero-order valence-corrected chi connectivity index (χ0v) is 10.9. The fourth-order valence-corrected chi connectivity index (χ4v) is 2.56. The van der Waals surface area contributed by atoms with Crippen molar-refractivity contribution in [2.45, 2.75) is 32.7 Å². The summed E-state index contributed by atoms with van der Waals surface area (Å²) in [6.45, 7) is 5.39. The van der Waals surface area contributed by atoms with Crippen LogP contribution in [-0.4, -0.2) is 23.7 Å². The lowest BCUT2D eigenvalue weighted by Gasteiger charge is -2.38. The maximum Gasteiger partial charge on any atom is 0.337 e. The molecule has 4 heteroatoms. The van der Waals surface area contributed by atoms with E-state index >= 15 is 0 Å². The molecule has 1 aliphatic rings. The number of carboxylic acid groups (broad SMARTS) is 1. The Balaban J connectivity index is 2.32. The highest BCUT2D eigenvalue weighted by Gasteiger charge is 2.24. The van der Waals surface area contributed by atoms with Crippen LogP contribution in [0.4, 0.5) is 11.4 Å². The molecule has 1 aromatic rings. The number of carbonyl (C=O) groups is 1. The highest BCUT2D eigenvalue weighted by atomic mass is 16.4. The molecule has 0 bridgehead atoms. The molecule has 0 aliphatic carbocycles. The van der Waals surface area contributed by atoms with Crippen LogP contribution in [0.5, 0.6) is 0 Å². The third kappa shape index (κ3) is 2.42. The average Bonchev–Trinajstić information content (AvgIpc) is 2.33. The molecule has 18 heavy (non-hydrogen) atoms. The van der Waals surface area contributed by atoms with E-state index in [1.165, 1.54) is 6.42 Å². The van der Waals surface area contributed by atoms with Gasteiger partial charge in [0.05, 0.1) is 5.56 Å². The topological polar surface area (TPSA) is 66.6 Å². The number of piperidine rings is 1. The van der Waals surface area contributed by atoms with Crippen molar-refractivity contribution in [2.75, 3.05) is 17.2 Å². The smallest absolute Gasteiger partial charge is 0.337 e. The van der Waals surface area contributed by atoms with Crippen LogP contribution in [0.3, 0.4) is 0 Å². The van der Waals surface area contributed by atoms with Gasteiger partial charge >= 0.3 is 5.97 Å². The standard InChI is InChI=1S/C14H20N2O2/c1-9-3-4-10(2)16(8-9)11-5-6-13(15)12(7-11)14(17)18/h5-7,9-10H,3-4,8,15H2,1-2H3,(H,17,18). The summed E-state index contributed by atoms with van der Waals surface area (Å²) in [6.07, 6.45) is 2.38. The van der Waals surface area contributed by atoms with Crippen LogP contribution in [0, 0.1) is 5.92 Å². The summed E-state index contributed by atoms with van der Waals surface area (Å²) in [5, 5.41) is 9.11. The second kappa shape index (κ2) is 4.88. The molecule has 2 rings (SSSR count).